The summed E-state index contributed by atoms with van der Waals surface area (Å²) in [6.45, 7) is 0.343. The molecule has 6 heteroatoms. The summed E-state index contributed by atoms with van der Waals surface area (Å²) in [7, 11) is 0. The van der Waals surface area contributed by atoms with Gasteiger partial charge in [-0.25, -0.2) is 4.79 Å². The molecule has 2 aromatic carbocycles. The Morgan fingerprint density at radius 1 is 0.966 bits per heavy atom. The van der Waals surface area contributed by atoms with Gasteiger partial charge in [0.15, 0.2) is 12.4 Å². The van der Waals surface area contributed by atoms with E-state index in [4.69, 9.17) is 16.9 Å². The molecule has 0 aromatic heterocycles. The summed E-state index contributed by atoms with van der Waals surface area (Å²) in [5.41, 5.74) is 6.87. The molecular weight excluding hydrogens is 368 g/mol. The van der Waals surface area contributed by atoms with Crippen molar-refractivity contribution in [1.82, 2.24) is 5.32 Å². The van der Waals surface area contributed by atoms with Gasteiger partial charge in [-0.1, -0.05) is 48.4 Å². The second-order valence-corrected chi connectivity index (χ2v) is 6.39. The number of benzene rings is 2. The van der Waals surface area contributed by atoms with Crippen LogP contribution in [0.3, 0.4) is 0 Å². The highest BCUT2D eigenvalue weighted by molar-refractivity contribution is 6.09. The Kier molecular flexibility index (Phi) is 8.61. The summed E-state index contributed by atoms with van der Waals surface area (Å²) in [5, 5.41) is 2.67. The van der Waals surface area contributed by atoms with Gasteiger partial charge in [-0.2, -0.15) is 0 Å². The first-order valence-electron chi connectivity index (χ1n) is 9.37. The van der Waals surface area contributed by atoms with Crippen LogP contribution in [-0.4, -0.2) is 36.9 Å². The van der Waals surface area contributed by atoms with E-state index in [2.05, 4.69) is 11.2 Å². The van der Waals surface area contributed by atoms with E-state index in [9.17, 15) is 14.4 Å². The molecule has 1 atom stereocenters. The number of rotatable bonds is 10. The largest absolute Gasteiger partial charge is 0.451 e. The lowest BCUT2D eigenvalue weighted by Gasteiger charge is -2.17. The van der Waals surface area contributed by atoms with Gasteiger partial charge >= 0.3 is 5.97 Å². The van der Waals surface area contributed by atoms with Crippen LogP contribution in [0.5, 0.6) is 0 Å². The normalized spacial score (nSPS) is 11.2. The van der Waals surface area contributed by atoms with Crippen molar-refractivity contribution >= 4 is 17.7 Å². The number of nitrogens with two attached hydrogens (primary N) is 1. The highest BCUT2D eigenvalue weighted by Crippen LogP contribution is 2.12. The van der Waals surface area contributed by atoms with Crippen LogP contribution in [0.15, 0.2) is 54.6 Å². The monoisotopic (exact) mass is 392 g/mol. The third-order valence-corrected chi connectivity index (χ3v) is 4.28. The lowest BCUT2D eigenvalue weighted by Crippen LogP contribution is -2.42. The maximum Gasteiger partial charge on any atom is 0.329 e. The third kappa shape index (κ3) is 6.59. The van der Waals surface area contributed by atoms with Crippen LogP contribution in [0.25, 0.3) is 0 Å². The van der Waals surface area contributed by atoms with Crippen molar-refractivity contribution in [3.05, 3.63) is 71.3 Å². The number of carbonyl (C=O) groups excluding carboxylic acids is 3. The quantitative estimate of drug-likeness (QED) is 0.280. The Balaban J connectivity index is 2.05. The molecule has 0 bridgehead atoms. The van der Waals surface area contributed by atoms with E-state index >= 15 is 0 Å². The van der Waals surface area contributed by atoms with Crippen LogP contribution in [0.2, 0.25) is 0 Å². The molecule has 0 aliphatic carbocycles. The summed E-state index contributed by atoms with van der Waals surface area (Å²) >= 11 is 0. The molecule has 150 valence electrons. The second-order valence-electron chi connectivity index (χ2n) is 6.39. The molecule has 0 spiro atoms. The summed E-state index contributed by atoms with van der Waals surface area (Å²) in [6.07, 6.45) is 6.90. The Morgan fingerprint density at radius 3 is 2.21 bits per heavy atom. The molecule has 2 aromatic rings. The number of carbonyl (C=O) groups is 3. The molecule has 0 aliphatic heterocycles. The highest BCUT2D eigenvalue weighted by atomic mass is 16.5. The van der Waals surface area contributed by atoms with Crippen molar-refractivity contribution in [3.63, 3.8) is 0 Å². The van der Waals surface area contributed by atoms with Gasteiger partial charge in [0.2, 0.25) is 0 Å². The zero-order chi connectivity index (χ0) is 21.1. The van der Waals surface area contributed by atoms with Gasteiger partial charge in [0.1, 0.15) is 6.04 Å². The molecule has 6 nitrogen and oxygen atoms in total. The maximum atomic E-state index is 12.5. The first-order valence-corrected chi connectivity index (χ1v) is 9.37. The number of hydrogen-bond donors (Lipinski definition) is 2. The van der Waals surface area contributed by atoms with Crippen molar-refractivity contribution < 1.29 is 19.1 Å². The van der Waals surface area contributed by atoms with E-state index in [0.29, 0.717) is 36.1 Å². The smallest absolute Gasteiger partial charge is 0.329 e. The molecule has 3 N–H and O–H groups in total. The molecule has 0 fully saturated rings. The lowest BCUT2D eigenvalue weighted by atomic mass is 10.0. The predicted octanol–water partition coefficient (Wildman–Crippen LogP) is 2.32. The van der Waals surface area contributed by atoms with Crippen LogP contribution in [0.4, 0.5) is 0 Å². The average Bonchev–Trinajstić information content (AvgIpc) is 2.77. The topological polar surface area (TPSA) is 98.5 Å². The zero-order valence-corrected chi connectivity index (χ0v) is 16.1. The molecule has 2 rings (SSSR count). The van der Waals surface area contributed by atoms with Crippen LogP contribution < -0.4 is 11.1 Å². The van der Waals surface area contributed by atoms with E-state index in [-0.39, 0.29) is 12.4 Å². The van der Waals surface area contributed by atoms with Crippen molar-refractivity contribution in [3.8, 4) is 12.3 Å². The van der Waals surface area contributed by atoms with E-state index in [1.54, 1.807) is 48.5 Å². The number of ether oxygens (including phenoxy) is 1. The predicted molar refractivity (Wildman–Crippen MR) is 110 cm³/mol. The minimum atomic E-state index is -0.812. The fourth-order valence-corrected chi connectivity index (χ4v) is 2.73. The van der Waals surface area contributed by atoms with E-state index in [1.165, 1.54) is 0 Å². The van der Waals surface area contributed by atoms with E-state index in [1.807, 2.05) is 6.07 Å². The van der Waals surface area contributed by atoms with Crippen molar-refractivity contribution in [2.75, 3.05) is 13.2 Å². The van der Waals surface area contributed by atoms with Gasteiger partial charge in [0, 0.05) is 16.7 Å². The SMILES string of the molecule is C#CCOC(=O)C(CCCCN)NC(=O)c1ccc(C(=O)c2ccccc2)cc1. The van der Waals surface area contributed by atoms with Gasteiger partial charge in [0.05, 0.1) is 0 Å². The molecule has 1 amide bonds. The summed E-state index contributed by atoms with van der Waals surface area (Å²) in [5.74, 6) is 1.09. The fraction of sp³-hybridized carbons (Fsp3) is 0.261. The van der Waals surface area contributed by atoms with Gasteiger partial charge < -0.3 is 15.8 Å². The van der Waals surface area contributed by atoms with Gasteiger partial charge in [0.25, 0.3) is 5.91 Å². The summed E-state index contributed by atoms with van der Waals surface area (Å²) < 4.78 is 4.95. The Hall–Kier alpha value is -3.43. The summed E-state index contributed by atoms with van der Waals surface area (Å²) in [4.78, 5) is 37.2. The Labute approximate surface area is 170 Å². The van der Waals surface area contributed by atoms with Crippen LogP contribution in [0.1, 0.15) is 45.5 Å². The average molecular weight is 392 g/mol. The van der Waals surface area contributed by atoms with Crippen LogP contribution >= 0.6 is 0 Å². The number of hydrogen-bond acceptors (Lipinski definition) is 5. The fourth-order valence-electron chi connectivity index (χ4n) is 2.73. The molecule has 0 radical (unpaired) electrons. The standard InChI is InChI=1S/C23H24N2O4/c1-2-16-29-23(28)20(10-6-7-15-24)25-22(27)19-13-11-18(12-14-19)21(26)17-8-4-3-5-9-17/h1,3-5,8-9,11-14,20H,6-7,10,15-16,24H2,(H,25,27). The molecule has 0 aliphatic rings. The number of esters is 1. The molecule has 0 heterocycles. The van der Waals surface area contributed by atoms with Crippen LogP contribution in [0, 0.1) is 12.3 Å². The summed E-state index contributed by atoms with van der Waals surface area (Å²) in [6, 6.07) is 14.3. The highest BCUT2D eigenvalue weighted by Gasteiger charge is 2.22. The third-order valence-electron chi connectivity index (χ3n) is 4.28. The first kappa shape index (κ1) is 21.9. The van der Waals surface area contributed by atoms with Gasteiger partial charge in [-0.3, -0.25) is 9.59 Å². The number of unbranched alkanes of at least 4 members (excludes halogenated alkanes) is 1. The van der Waals surface area contributed by atoms with Gasteiger partial charge in [-0.05, 0) is 37.9 Å². The van der Waals surface area contributed by atoms with Crippen molar-refractivity contribution in [2.45, 2.75) is 25.3 Å². The molecule has 0 saturated heterocycles. The Morgan fingerprint density at radius 2 is 1.59 bits per heavy atom. The second kappa shape index (κ2) is 11.4. The number of amides is 1. The Bertz CT molecular complexity index is 870. The molecule has 1 unspecified atom stereocenters. The number of terminal acetylenes is 1. The zero-order valence-electron chi connectivity index (χ0n) is 16.1. The number of nitrogens with one attached hydrogen (secondary N) is 1. The van der Waals surface area contributed by atoms with Gasteiger partial charge in [-0.15, -0.1) is 6.42 Å². The van der Waals surface area contributed by atoms with Crippen LogP contribution in [-0.2, 0) is 9.53 Å². The van der Waals surface area contributed by atoms with Crippen molar-refractivity contribution in [1.29, 1.82) is 0 Å². The molecule has 0 saturated carbocycles. The molecule has 29 heavy (non-hydrogen) atoms. The first-order chi connectivity index (χ1) is 14.1. The minimum absolute atomic E-state index is 0.130. The molecular formula is C23H24N2O4. The number of ketones is 1. The minimum Gasteiger partial charge on any atom is -0.451 e. The maximum absolute atomic E-state index is 12.5. The van der Waals surface area contributed by atoms with Crippen molar-refractivity contribution in [2.24, 2.45) is 5.73 Å². The lowest BCUT2D eigenvalue weighted by molar-refractivity contribution is -0.144. The van der Waals surface area contributed by atoms with E-state index in [0.717, 1.165) is 6.42 Å². The van der Waals surface area contributed by atoms with E-state index < -0.39 is 17.9 Å².